The normalized spacial score (nSPS) is 10.8. The van der Waals surface area contributed by atoms with E-state index in [2.05, 4.69) is 26.0 Å². The van der Waals surface area contributed by atoms with Crippen LogP contribution in [0.3, 0.4) is 0 Å². The van der Waals surface area contributed by atoms with Crippen molar-refractivity contribution in [1.82, 2.24) is 15.6 Å². The molecule has 0 unspecified atom stereocenters. The highest BCUT2D eigenvalue weighted by Gasteiger charge is 2.12. The van der Waals surface area contributed by atoms with Crippen LogP contribution in [0.2, 0.25) is 0 Å². The standard InChI is InChI=1S/C28H27N5O4S/c1-19-10-12-21(13-11-19)27(35)30-28-33-32-26(38-28)17-25(34)31-29-18-22-7-3-4-9-24(22)37-15-14-36-23-8-5-6-20(2)16-23/h3-13,16,18H,14-15,17H2,1-2H3,(H,31,34)(H,30,33,35). The number of aryl methyl sites for hydroxylation is 2. The van der Waals surface area contributed by atoms with Gasteiger partial charge in [0.1, 0.15) is 29.7 Å². The summed E-state index contributed by atoms with van der Waals surface area (Å²) in [6, 6.07) is 22.4. The lowest BCUT2D eigenvalue weighted by Gasteiger charge is -2.10. The summed E-state index contributed by atoms with van der Waals surface area (Å²) in [6.07, 6.45) is 1.49. The minimum Gasteiger partial charge on any atom is -0.490 e. The number of para-hydroxylation sites is 1. The second-order valence-corrected chi connectivity index (χ2v) is 9.40. The molecule has 0 atom stereocenters. The lowest BCUT2D eigenvalue weighted by atomic mass is 10.1. The zero-order valence-electron chi connectivity index (χ0n) is 21.0. The first-order chi connectivity index (χ1) is 18.5. The van der Waals surface area contributed by atoms with Crippen LogP contribution in [0, 0.1) is 13.8 Å². The molecule has 0 aliphatic rings. The van der Waals surface area contributed by atoms with Crippen LogP contribution in [0.4, 0.5) is 5.13 Å². The number of carbonyl (C=O) groups excluding carboxylic acids is 2. The lowest BCUT2D eigenvalue weighted by molar-refractivity contribution is -0.120. The molecule has 1 heterocycles. The van der Waals surface area contributed by atoms with Crippen LogP contribution in [0.25, 0.3) is 0 Å². The van der Waals surface area contributed by atoms with Crippen LogP contribution >= 0.6 is 11.3 Å². The van der Waals surface area contributed by atoms with Crippen LogP contribution in [0.1, 0.15) is 32.1 Å². The van der Waals surface area contributed by atoms with Crippen molar-refractivity contribution < 1.29 is 19.1 Å². The topological polar surface area (TPSA) is 115 Å². The van der Waals surface area contributed by atoms with E-state index in [0.717, 1.165) is 28.2 Å². The van der Waals surface area contributed by atoms with Crippen molar-refractivity contribution in [2.24, 2.45) is 5.10 Å². The Morgan fingerprint density at radius 1 is 0.921 bits per heavy atom. The van der Waals surface area contributed by atoms with Crippen molar-refractivity contribution in [2.45, 2.75) is 20.3 Å². The van der Waals surface area contributed by atoms with Crippen molar-refractivity contribution in [3.05, 3.63) is 100 Å². The molecule has 0 saturated heterocycles. The van der Waals surface area contributed by atoms with Crippen molar-refractivity contribution >= 4 is 34.5 Å². The van der Waals surface area contributed by atoms with Crippen LogP contribution in [0.15, 0.2) is 77.9 Å². The molecule has 0 aliphatic carbocycles. The molecule has 0 aliphatic heterocycles. The maximum Gasteiger partial charge on any atom is 0.257 e. The van der Waals surface area contributed by atoms with Gasteiger partial charge in [0.05, 0.1) is 12.6 Å². The predicted molar refractivity (Wildman–Crippen MR) is 147 cm³/mol. The van der Waals surface area contributed by atoms with E-state index in [9.17, 15) is 9.59 Å². The number of benzene rings is 3. The molecule has 0 saturated carbocycles. The third-order valence-electron chi connectivity index (χ3n) is 5.22. The first kappa shape index (κ1) is 26.5. The zero-order valence-corrected chi connectivity index (χ0v) is 21.8. The molecule has 0 spiro atoms. The summed E-state index contributed by atoms with van der Waals surface area (Å²) >= 11 is 1.13. The Morgan fingerprint density at radius 3 is 2.53 bits per heavy atom. The van der Waals surface area contributed by atoms with Crippen LogP contribution in [-0.4, -0.2) is 41.4 Å². The zero-order chi connectivity index (χ0) is 26.7. The predicted octanol–water partition coefficient (Wildman–Crippen LogP) is 4.56. The Morgan fingerprint density at radius 2 is 1.71 bits per heavy atom. The number of hydrazone groups is 1. The Hall–Kier alpha value is -4.57. The summed E-state index contributed by atoms with van der Waals surface area (Å²) in [4.78, 5) is 24.7. The van der Waals surface area contributed by atoms with E-state index in [1.165, 1.54) is 6.21 Å². The number of rotatable bonds is 11. The van der Waals surface area contributed by atoms with Gasteiger partial charge in [0.2, 0.25) is 11.0 Å². The molecule has 2 N–H and O–H groups in total. The fourth-order valence-electron chi connectivity index (χ4n) is 3.34. The Labute approximate surface area is 224 Å². The third-order valence-corrected chi connectivity index (χ3v) is 6.06. The van der Waals surface area contributed by atoms with Gasteiger partial charge in [-0.3, -0.25) is 14.9 Å². The molecule has 4 rings (SSSR count). The van der Waals surface area contributed by atoms with E-state index in [-0.39, 0.29) is 18.2 Å². The second-order valence-electron chi connectivity index (χ2n) is 8.34. The Bertz CT molecular complexity index is 1420. The maximum absolute atomic E-state index is 12.3. The molecule has 9 nitrogen and oxygen atoms in total. The highest BCUT2D eigenvalue weighted by Crippen LogP contribution is 2.18. The molecule has 2 amide bonds. The molecule has 10 heteroatoms. The number of hydrogen-bond acceptors (Lipinski definition) is 8. The SMILES string of the molecule is Cc1ccc(C(=O)Nc2nnc(CC(=O)NN=Cc3ccccc3OCCOc3cccc(C)c3)s2)cc1. The quantitative estimate of drug-likeness (QED) is 0.167. The Balaban J connectivity index is 1.23. The maximum atomic E-state index is 12.3. The number of ether oxygens (including phenoxy) is 2. The summed E-state index contributed by atoms with van der Waals surface area (Å²) in [6.45, 7) is 4.70. The highest BCUT2D eigenvalue weighted by atomic mass is 32.1. The molecule has 194 valence electrons. The molecule has 0 radical (unpaired) electrons. The number of nitrogens with one attached hydrogen (secondary N) is 2. The van der Waals surface area contributed by atoms with Gasteiger partial charge in [0, 0.05) is 11.1 Å². The van der Waals surface area contributed by atoms with E-state index in [1.54, 1.807) is 12.1 Å². The van der Waals surface area contributed by atoms with Crippen molar-refractivity contribution in [2.75, 3.05) is 18.5 Å². The van der Waals surface area contributed by atoms with Crippen LogP contribution < -0.4 is 20.2 Å². The molecule has 1 aromatic heterocycles. The third kappa shape index (κ3) is 7.97. The van der Waals surface area contributed by atoms with Crippen molar-refractivity contribution in [3.8, 4) is 11.5 Å². The molecule has 4 aromatic rings. The molecule has 0 fully saturated rings. The summed E-state index contributed by atoms with van der Waals surface area (Å²) < 4.78 is 11.6. The van der Waals surface area contributed by atoms with Crippen molar-refractivity contribution in [3.63, 3.8) is 0 Å². The molecular formula is C28H27N5O4S. The number of carbonyl (C=O) groups is 2. The molecular weight excluding hydrogens is 502 g/mol. The largest absolute Gasteiger partial charge is 0.490 e. The number of nitrogens with zero attached hydrogens (tertiary/aromatic N) is 3. The van der Waals surface area contributed by atoms with Gasteiger partial charge in [0.15, 0.2) is 0 Å². The summed E-state index contributed by atoms with van der Waals surface area (Å²) in [5.41, 5.74) is 5.90. The summed E-state index contributed by atoms with van der Waals surface area (Å²) in [7, 11) is 0. The van der Waals surface area contributed by atoms with E-state index in [0.29, 0.717) is 40.2 Å². The lowest BCUT2D eigenvalue weighted by Crippen LogP contribution is -2.19. The molecule has 3 aromatic carbocycles. The average molecular weight is 530 g/mol. The first-order valence-corrected chi connectivity index (χ1v) is 12.7. The summed E-state index contributed by atoms with van der Waals surface area (Å²) in [5.74, 6) is 0.766. The van der Waals surface area contributed by atoms with Crippen LogP contribution in [0.5, 0.6) is 11.5 Å². The van der Waals surface area contributed by atoms with Gasteiger partial charge < -0.3 is 9.47 Å². The number of amides is 2. The monoisotopic (exact) mass is 529 g/mol. The smallest absolute Gasteiger partial charge is 0.257 e. The fourth-order valence-corrected chi connectivity index (χ4v) is 4.07. The average Bonchev–Trinajstić information content (AvgIpc) is 3.34. The van der Waals surface area contributed by atoms with E-state index in [1.807, 2.05) is 74.5 Å². The first-order valence-electron chi connectivity index (χ1n) is 11.9. The van der Waals surface area contributed by atoms with Crippen LogP contribution in [-0.2, 0) is 11.2 Å². The van der Waals surface area contributed by atoms with Crippen molar-refractivity contribution in [1.29, 1.82) is 0 Å². The molecule has 38 heavy (non-hydrogen) atoms. The van der Waals surface area contributed by atoms with Gasteiger partial charge in [-0.2, -0.15) is 5.10 Å². The van der Waals surface area contributed by atoms with E-state index < -0.39 is 0 Å². The van der Waals surface area contributed by atoms with Gasteiger partial charge in [-0.15, -0.1) is 10.2 Å². The Kier molecular flexibility index (Phi) is 9.14. The number of aromatic nitrogens is 2. The second kappa shape index (κ2) is 13.1. The van der Waals surface area contributed by atoms with Gasteiger partial charge in [-0.1, -0.05) is 53.3 Å². The number of anilines is 1. The van der Waals surface area contributed by atoms with E-state index in [4.69, 9.17) is 9.47 Å². The summed E-state index contributed by atoms with van der Waals surface area (Å²) in [5, 5.41) is 15.4. The fraction of sp³-hybridized carbons (Fsp3) is 0.179. The minimum atomic E-state index is -0.362. The number of hydrogen-bond donors (Lipinski definition) is 2. The highest BCUT2D eigenvalue weighted by molar-refractivity contribution is 7.15. The minimum absolute atomic E-state index is 0.0240. The molecule has 0 bridgehead atoms. The van der Waals surface area contributed by atoms with Gasteiger partial charge in [-0.05, 0) is 55.8 Å². The van der Waals surface area contributed by atoms with Gasteiger partial charge in [-0.25, -0.2) is 5.43 Å². The van der Waals surface area contributed by atoms with Gasteiger partial charge in [0.25, 0.3) is 5.91 Å². The van der Waals surface area contributed by atoms with Gasteiger partial charge >= 0.3 is 0 Å². The van der Waals surface area contributed by atoms with E-state index >= 15 is 0 Å².